The summed E-state index contributed by atoms with van der Waals surface area (Å²) < 4.78 is 25.9. The Morgan fingerprint density at radius 2 is 1.62 bits per heavy atom. The summed E-state index contributed by atoms with van der Waals surface area (Å²) in [6, 6.07) is 0.616. The van der Waals surface area contributed by atoms with Crippen LogP contribution in [-0.4, -0.2) is 16.8 Å². The highest BCUT2D eigenvalue weighted by atomic mass is 19.1. The molecule has 0 unspecified atom stereocenters. The molecule has 0 fully saturated rings. The summed E-state index contributed by atoms with van der Waals surface area (Å²) in [5.74, 6) is -3.69. The second kappa shape index (κ2) is 3.57. The monoisotopic (exact) mass is 189 g/mol. The van der Waals surface area contributed by atoms with Crippen molar-refractivity contribution in [2.24, 2.45) is 5.73 Å². The fraction of sp³-hybridized carbons (Fsp3) is 0.250. The average molecular weight is 189 g/mol. The number of hydrogen-bond donors (Lipinski definition) is 3. The van der Waals surface area contributed by atoms with E-state index in [0.29, 0.717) is 6.07 Å². The van der Waals surface area contributed by atoms with Crippen LogP contribution in [0.4, 0.5) is 8.78 Å². The Bertz CT molecular complexity index is 302. The first kappa shape index (κ1) is 9.73. The second-order valence-corrected chi connectivity index (χ2v) is 2.56. The number of aromatic hydroxyl groups is 2. The SMILES string of the molecule is NCCc1c(F)c(O)cc(O)c1F. The molecule has 1 aromatic carbocycles. The normalized spacial score (nSPS) is 10.4. The van der Waals surface area contributed by atoms with Crippen molar-refractivity contribution in [1.82, 2.24) is 0 Å². The topological polar surface area (TPSA) is 66.5 Å². The van der Waals surface area contributed by atoms with Gasteiger partial charge in [0.25, 0.3) is 0 Å². The van der Waals surface area contributed by atoms with Gasteiger partial charge in [-0.3, -0.25) is 0 Å². The van der Waals surface area contributed by atoms with Crippen LogP contribution in [0.5, 0.6) is 11.5 Å². The lowest BCUT2D eigenvalue weighted by atomic mass is 10.1. The van der Waals surface area contributed by atoms with Crippen LogP contribution in [-0.2, 0) is 6.42 Å². The van der Waals surface area contributed by atoms with E-state index in [2.05, 4.69) is 0 Å². The lowest BCUT2D eigenvalue weighted by Crippen LogP contribution is -2.07. The van der Waals surface area contributed by atoms with Crippen LogP contribution in [0.25, 0.3) is 0 Å². The predicted molar refractivity (Wildman–Crippen MR) is 42.4 cm³/mol. The second-order valence-electron chi connectivity index (χ2n) is 2.56. The zero-order valence-corrected chi connectivity index (χ0v) is 6.72. The third-order valence-corrected chi connectivity index (χ3v) is 1.65. The molecule has 0 amide bonds. The van der Waals surface area contributed by atoms with Crippen LogP contribution in [0.15, 0.2) is 6.07 Å². The molecular weight excluding hydrogens is 180 g/mol. The van der Waals surface area contributed by atoms with Crippen LogP contribution < -0.4 is 5.73 Å². The molecule has 0 atom stereocenters. The Kier molecular flexibility index (Phi) is 2.67. The Balaban J connectivity index is 3.28. The molecule has 1 aromatic rings. The Hall–Kier alpha value is -1.36. The zero-order chi connectivity index (χ0) is 10.0. The van der Waals surface area contributed by atoms with Gasteiger partial charge in [0.05, 0.1) is 0 Å². The molecule has 3 nitrogen and oxygen atoms in total. The van der Waals surface area contributed by atoms with Crippen molar-refractivity contribution >= 4 is 0 Å². The van der Waals surface area contributed by atoms with Gasteiger partial charge in [-0.2, -0.15) is 0 Å². The van der Waals surface area contributed by atoms with E-state index in [1.165, 1.54) is 0 Å². The molecule has 5 heteroatoms. The minimum absolute atomic E-state index is 0.0384. The average Bonchev–Trinajstić information content (AvgIpc) is 2.09. The van der Waals surface area contributed by atoms with Gasteiger partial charge in [-0.05, 0) is 13.0 Å². The van der Waals surface area contributed by atoms with Gasteiger partial charge < -0.3 is 15.9 Å². The molecule has 0 aromatic heterocycles. The molecule has 0 aliphatic rings. The highest BCUT2D eigenvalue weighted by Gasteiger charge is 2.16. The number of halogens is 2. The van der Waals surface area contributed by atoms with E-state index in [4.69, 9.17) is 15.9 Å². The maximum atomic E-state index is 13.0. The van der Waals surface area contributed by atoms with E-state index >= 15 is 0 Å². The van der Waals surface area contributed by atoms with Crippen LogP contribution in [0.3, 0.4) is 0 Å². The van der Waals surface area contributed by atoms with Gasteiger partial charge in [0.15, 0.2) is 23.1 Å². The van der Waals surface area contributed by atoms with Crippen molar-refractivity contribution in [3.63, 3.8) is 0 Å². The molecule has 1 rings (SSSR count). The van der Waals surface area contributed by atoms with Crippen molar-refractivity contribution in [3.05, 3.63) is 23.3 Å². The fourth-order valence-corrected chi connectivity index (χ4v) is 1.03. The number of nitrogens with two attached hydrogens (primary N) is 1. The minimum Gasteiger partial charge on any atom is -0.505 e. The lowest BCUT2D eigenvalue weighted by Gasteiger charge is -2.06. The molecule has 0 aliphatic heterocycles. The van der Waals surface area contributed by atoms with Crippen LogP contribution in [0.1, 0.15) is 5.56 Å². The molecule has 0 bridgehead atoms. The van der Waals surface area contributed by atoms with Gasteiger partial charge in [0.2, 0.25) is 0 Å². The quantitative estimate of drug-likeness (QED) is 0.646. The predicted octanol–water partition coefficient (Wildman–Crippen LogP) is 0.877. The lowest BCUT2D eigenvalue weighted by molar-refractivity contribution is 0.390. The van der Waals surface area contributed by atoms with Crippen LogP contribution in [0, 0.1) is 11.6 Å². The van der Waals surface area contributed by atoms with Crippen LogP contribution >= 0.6 is 0 Å². The van der Waals surface area contributed by atoms with Gasteiger partial charge in [-0.25, -0.2) is 8.78 Å². The Morgan fingerprint density at radius 1 is 1.15 bits per heavy atom. The number of rotatable bonds is 2. The molecule has 4 N–H and O–H groups in total. The molecule has 0 saturated heterocycles. The van der Waals surface area contributed by atoms with Crippen molar-refractivity contribution < 1.29 is 19.0 Å². The molecule has 0 radical (unpaired) electrons. The molecule has 72 valence electrons. The fourth-order valence-electron chi connectivity index (χ4n) is 1.03. The molecule has 0 aliphatic carbocycles. The van der Waals surface area contributed by atoms with E-state index < -0.39 is 23.1 Å². The van der Waals surface area contributed by atoms with Gasteiger partial charge in [0.1, 0.15) is 0 Å². The minimum atomic E-state index is -1.07. The van der Waals surface area contributed by atoms with Crippen molar-refractivity contribution in [2.45, 2.75) is 6.42 Å². The Labute approximate surface area is 73.4 Å². The summed E-state index contributed by atoms with van der Waals surface area (Å²) in [6.07, 6.45) is -0.0698. The van der Waals surface area contributed by atoms with E-state index in [1.807, 2.05) is 0 Å². The van der Waals surface area contributed by atoms with E-state index in [9.17, 15) is 8.78 Å². The van der Waals surface area contributed by atoms with Crippen molar-refractivity contribution in [1.29, 1.82) is 0 Å². The summed E-state index contributed by atoms with van der Waals surface area (Å²) >= 11 is 0. The summed E-state index contributed by atoms with van der Waals surface area (Å²) in [4.78, 5) is 0. The number of phenols is 2. The maximum Gasteiger partial charge on any atom is 0.171 e. The molecule has 0 saturated carbocycles. The third-order valence-electron chi connectivity index (χ3n) is 1.65. The summed E-state index contributed by atoms with van der Waals surface area (Å²) in [7, 11) is 0. The number of phenolic OH excluding ortho intramolecular Hbond substituents is 2. The van der Waals surface area contributed by atoms with Gasteiger partial charge in [0, 0.05) is 11.6 Å². The van der Waals surface area contributed by atoms with Crippen molar-refractivity contribution in [3.8, 4) is 11.5 Å². The first-order valence-electron chi connectivity index (χ1n) is 3.66. The van der Waals surface area contributed by atoms with Gasteiger partial charge in [-0.1, -0.05) is 0 Å². The van der Waals surface area contributed by atoms with E-state index in [0.717, 1.165) is 0 Å². The van der Waals surface area contributed by atoms with Gasteiger partial charge >= 0.3 is 0 Å². The maximum absolute atomic E-state index is 13.0. The molecule has 0 spiro atoms. The summed E-state index contributed by atoms with van der Waals surface area (Å²) in [5, 5.41) is 17.8. The van der Waals surface area contributed by atoms with Gasteiger partial charge in [-0.15, -0.1) is 0 Å². The van der Waals surface area contributed by atoms with Crippen LogP contribution in [0.2, 0.25) is 0 Å². The highest BCUT2D eigenvalue weighted by molar-refractivity contribution is 5.40. The largest absolute Gasteiger partial charge is 0.505 e. The molecule has 13 heavy (non-hydrogen) atoms. The summed E-state index contributed by atoms with van der Waals surface area (Å²) in [6.45, 7) is 0.0384. The van der Waals surface area contributed by atoms with E-state index in [-0.39, 0.29) is 18.5 Å². The highest BCUT2D eigenvalue weighted by Crippen LogP contribution is 2.29. The Morgan fingerprint density at radius 3 is 2.00 bits per heavy atom. The van der Waals surface area contributed by atoms with Crippen molar-refractivity contribution in [2.75, 3.05) is 6.54 Å². The third kappa shape index (κ3) is 1.70. The first-order valence-corrected chi connectivity index (χ1v) is 3.66. The molecule has 0 heterocycles. The zero-order valence-electron chi connectivity index (χ0n) is 6.72. The van der Waals surface area contributed by atoms with E-state index in [1.54, 1.807) is 0 Å². The smallest absolute Gasteiger partial charge is 0.171 e. The standard InChI is InChI=1S/C8H9F2NO2/c9-7-4(1-2-11)8(10)6(13)3-5(7)12/h3,12-13H,1-2,11H2. The number of benzene rings is 1. The first-order chi connectivity index (χ1) is 6.07. The summed E-state index contributed by atoms with van der Waals surface area (Å²) in [5.41, 5.74) is 4.71. The molecular formula is C8H9F2NO2. The number of hydrogen-bond acceptors (Lipinski definition) is 3.